The van der Waals surface area contributed by atoms with Crippen molar-refractivity contribution in [1.29, 1.82) is 0 Å². The molecule has 94 valence electrons. The van der Waals surface area contributed by atoms with Crippen LogP contribution in [-0.4, -0.2) is 5.92 Å². The number of rotatable bonds is 1. The van der Waals surface area contributed by atoms with Crippen molar-refractivity contribution in [1.82, 2.24) is 0 Å². The molecule has 1 aromatic rings. The minimum Gasteiger partial charge on any atom is -0.321 e. The smallest absolute Gasteiger partial charge is 0.248 e. The summed E-state index contributed by atoms with van der Waals surface area (Å²) in [6.45, 7) is 0. The van der Waals surface area contributed by atoms with Crippen molar-refractivity contribution in [2.24, 2.45) is 5.73 Å². The van der Waals surface area contributed by atoms with E-state index in [0.29, 0.717) is 0 Å². The first-order valence-electron chi connectivity index (χ1n) is 5.45. The van der Waals surface area contributed by atoms with E-state index in [-0.39, 0.29) is 31.2 Å². The van der Waals surface area contributed by atoms with Crippen LogP contribution in [0.1, 0.15) is 31.2 Å². The maximum absolute atomic E-state index is 13.6. The highest BCUT2D eigenvalue weighted by molar-refractivity contribution is 5.27. The van der Waals surface area contributed by atoms with Gasteiger partial charge in [-0.1, -0.05) is 6.07 Å². The molecule has 0 atom stereocenters. The SMILES string of the molecule is NC1(c2ccc(F)cc2F)CCC(F)(F)CC1. The Kier molecular flexibility index (Phi) is 2.89. The van der Waals surface area contributed by atoms with Crippen molar-refractivity contribution >= 4 is 0 Å². The molecule has 1 nitrogen and oxygen atoms in total. The Morgan fingerprint density at radius 3 is 2.12 bits per heavy atom. The Hall–Kier alpha value is -1.10. The second kappa shape index (κ2) is 3.98. The normalized spacial score (nSPS) is 22.4. The second-order valence-electron chi connectivity index (χ2n) is 4.64. The summed E-state index contributed by atoms with van der Waals surface area (Å²) in [7, 11) is 0. The Bertz CT molecular complexity index is 421. The minimum absolute atomic E-state index is 0.00253. The summed E-state index contributed by atoms with van der Waals surface area (Å²) in [5.41, 5.74) is 4.96. The fraction of sp³-hybridized carbons (Fsp3) is 0.500. The van der Waals surface area contributed by atoms with E-state index in [2.05, 4.69) is 0 Å². The molecule has 1 aliphatic carbocycles. The first kappa shape index (κ1) is 12.4. The quantitative estimate of drug-likeness (QED) is 0.757. The topological polar surface area (TPSA) is 26.0 Å². The molecule has 2 N–H and O–H groups in total. The predicted octanol–water partition coefficient (Wildman–Crippen LogP) is 3.33. The Labute approximate surface area is 96.6 Å². The molecule has 0 unspecified atom stereocenters. The van der Waals surface area contributed by atoms with E-state index in [1.54, 1.807) is 0 Å². The van der Waals surface area contributed by atoms with Gasteiger partial charge < -0.3 is 5.73 Å². The van der Waals surface area contributed by atoms with Crippen LogP contribution in [0.15, 0.2) is 18.2 Å². The molecule has 0 saturated heterocycles. The van der Waals surface area contributed by atoms with E-state index >= 15 is 0 Å². The highest BCUT2D eigenvalue weighted by Gasteiger charge is 2.43. The zero-order valence-corrected chi connectivity index (χ0v) is 9.15. The molecular weight excluding hydrogens is 234 g/mol. The highest BCUT2D eigenvalue weighted by atomic mass is 19.3. The Morgan fingerprint density at radius 1 is 1.00 bits per heavy atom. The van der Waals surface area contributed by atoms with Gasteiger partial charge in [-0.3, -0.25) is 0 Å². The molecule has 5 heteroatoms. The molecule has 0 heterocycles. The minimum atomic E-state index is -2.72. The monoisotopic (exact) mass is 247 g/mol. The molecule has 0 bridgehead atoms. The molecule has 0 spiro atoms. The Morgan fingerprint density at radius 2 is 1.59 bits per heavy atom. The number of hydrogen-bond acceptors (Lipinski definition) is 1. The molecule has 0 aliphatic heterocycles. The third kappa shape index (κ3) is 2.44. The van der Waals surface area contributed by atoms with Gasteiger partial charge >= 0.3 is 0 Å². The first-order valence-corrected chi connectivity index (χ1v) is 5.45. The number of nitrogens with two attached hydrogens (primary N) is 1. The summed E-state index contributed by atoms with van der Waals surface area (Å²) in [5, 5.41) is 0. The Balaban J connectivity index is 2.27. The molecule has 1 saturated carbocycles. The summed E-state index contributed by atoms with van der Waals surface area (Å²) < 4.78 is 52.4. The summed E-state index contributed by atoms with van der Waals surface area (Å²) >= 11 is 0. The number of alkyl halides is 2. The summed E-state index contributed by atoms with van der Waals surface area (Å²) in [5.74, 6) is -4.19. The van der Waals surface area contributed by atoms with E-state index < -0.39 is 23.1 Å². The molecular formula is C12H13F4N. The van der Waals surface area contributed by atoms with Crippen molar-refractivity contribution < 1.29 is 17.6 Å². The molecule has 2 rings (SSSR count). The highest BCUT2D eigenvalue weighted by Crippen LogP contribution is 2.42. The molecule has 0 radical (unpaired) electrons. The number of benzene rings is 1. The van der Waals surface area contributed by atoms with Gasteiger partial charge in [-0.05, 0) is 18.9 Å². The van der Waals surface area contributed by atoms with E-state index in [9.17, 15) is 17.6 Å². The maximum Gasteiger partial charge on any atom is 0.248 e. The van der Waals surface area contributed by atoms with E-state index in [1.165, 1.54) is 6.07 Å². The van der Waals surface area contributed by atoms with Crippen molar-refractivity contribution in [2.75, 3.05) is 0 Å². The summed E-state index contributed by atoms with van der Waals surface area (Å²) in [6, 6.07) is 3.07. The zero-order valence-electron chi connectivity index (χ0n) is 9.15. The van der Waals surface area contributed by atoms with Crippen LogP contribution in [0.2, 0.25) is 0 Å². The second-order valence-corrected chi connectivity index (χ2v) is 4.64. The van der Waals surface area contributed by atoms with Crippen LogP contribution in [0.3, 0.4) is 0 Å². The van der Waals surface area contributed by atoms with Gasteiger partial charge in [0.05, 0.1) is 0 Å². The first-order chi connectivity index (χ1) is 7.82. The lowest BCUT2D eigenvalue weighted by molar-refractivity contribution is -0.0518. The third-order valence-electron chi connectivity index (χ3n) is 3.34. The van der Waals surface area contributed by atoms with Crippen molar-refractivity contribution in [2.45, 2.75) is 37.1 Å². The van der Waals surface area contributed by atoms with Crippen LogP contribution in [0.4, 0.5) is 17.6 Å². The number of halogens is 4. The van der Waals surface area contributed by atoms with Gasteiger partial charge in [0.1, 0.15) is 11.6 Å². The van der Waals surface area contributed by atoms with E-state index in [1.807, 2.05) is 0 Å². The maximum atomic E-state index is 13.6. The van der Waals surface area contributed by atoms with Gasteiger partial charge in [-0.25, -0.2) is 17.6 Å². The van der Waals surface area contributed by atoms with Crippen molar-refractivity contribution in [3.8, 4) is 0 Å². The molecule has 0 amide bonds. The van der Waals surface area contributed by atoms with Crippen LogP contribution < -0.4 is 5.73 Å². The van der Waals surface area contributed by atoms with Crippen molar-refractivity contribution in [3.63, 3.8) is 0 Å². The van der Waals surface area contributed by atoms with Gasteiger partial charge in [0.2, 0.25) is 5.92 Å². The van der Waals surface area contributed by atoms with Crippen molar-refractivity contribution in [3.05, 3.63) is 35.4 Å². The lowest BCUT2D eigenvalue weighted by Gasteiger charge is -2.37. The largest absolute Gasteiger partial charge is 0.321 e. The van der Waals surface area contributed by atoms with Crippen LogP contribution in [0.5, 0.6) is 0 Å². The van der Waals surface area contributed by atoms with E-state index in [4.69, 9.17) is 5.73 Å². The van der Waals surface area contributed by atoms with Crippen LogP contribution in [0, 0.1) is 11.6 Å². The fourth-order valence-corrected chi connectivity index (χ4v) is 2.22. The molecule has 17 heavy (non-hydrogen) atoms. The van der Waals surface area contributed by atoms with Gasteiger partial charge in [0.15, 0.2) is 0 Å². The number of hydrogen-bond donors (Lipinski definition) is 1. The fourth-order valence-electron chi connectivity index (χ4n) is 2.22. The molecule has 1 aromatic carbocycles. The zero-order chi connectivity index (χ0) is 12.7. The van der Waals surface area contributed by atoms with E-state index in [0.717, 1.165) is 12.1 Å². The average Bonchev–Trinajstić information content (AvgIpc) is 2.23. The lowest BCUT2D eigenvalue weighted by atomic mass is 9.76. The lowest BCUT2D eigenvalue weighted by Crippen LogP contribution is -2.44. The summed E-state index contributed by atoms with van der Waals surface area (Å²) in [4.78, 5) is 0. The molecule has 1 fully saturated rings. The standard InChI is InChI=1S/C12H13F4N/c13-8-1-2-9(10(14)7-8)11(17)3-5-12(15,16)6-4-11/h1-2,7H,3-6,17H2. The van der Waals surface area contributed by atoms with Gasteiger partial charge in [-0.15, -0.1) is 0 Å². The van der Waals surface area contributed by atoms with Gasteiger partial charge in [-0.2, -0.15) is 0 Å². The van der Waals surface area contributed by atoms with Gasteiger partial charge in [0.25, 0.3) is 0 Å². The van der Waals surface area contributed by atoms with Crippen LogP contribution in [-0.2, 0) is 5.54 Å². The average molecular weight is 247 g/mol. The van der Waals surface area contributed by atoms with Crippen LogP contribution in [0.25, 0.3) is 0 Å². The summed E-state index contributed by atoms with van der Waals surface area (Å²) in [6.07, 6.45) is -0.717. The third-order valence-corrected chi connectivity index (χ3v) is 3.34. The van der Waals surface area contributed by atoms with Crippen LogP contribution >= 0.6 is 0 Å². The molecule has 0 aromatic heterocycles. The predicted molar refractivity (Wildman–Crippen MR) is 55.6 cm³/mol. The van der Waals surface area contributed by atoms with Gasteiger partial charge in [0, 0.05) is 30.0 Å². The molecule has 1 aliphatic rings.